The molecule has 0 aromatic carbocycles. The van der Waals surface area contributed by atoms with Crippen molar-refractivity contribution in [2.45, 2.75) is 44.1 Å². The van der Waals surface area contributed by atoms with E-state index >= 15 is 0 Å². The highest BCUT2D eigenvalue weighted by molar-refractivity contribution is 5.87. The van der Waals surface area contributed by atoms with Gasteiger partial charge in [0.15, 0.2) is 5.60 Å². The maximum Gasteiger partial charge on any atom is 0.256 e. The summed E-state index contributed by atoms with van der Waals surface area (Å²) >= 11 is 0. The molecule has 0 N–H and O–H groups in total. The van der Waals surface area contributed by atoms with Crippen molar-refractivity contribution in [2.75, 3.05) is 33.3 Å². The van der Waals surface area contributed by atoms with Crippen LogP contribution in [0.15, 0.2) is 0 Å². The minimum absolute atomic E-state index is 0.0546. The molecule has 2 aliphatic heterocycles. The molecule has 1 spiro atoms. The van der Waals surface area contributed by atoms with Crippen LogP contribution in [-0.4, -0.2) is 60.5 Å². The van der Waals surface area contributed by atoms with Crippen molar-refractivity contribution in [3.63, 3.8) is 0 Å². The Bertz CT molecular complexity index is 408. The Kier molecular flexibility index (Phi) is 3.71. The molecular weight excluding hydrogens is 256 g/mol. The summed E-state index contributed by atoms with van der Waals surface area (Å²) in [4.78, 5) is 28.5. The van der Waals surface area contributed by atoms with Gasteiger partial charge in [-0.05, 0) is 38.0 Å². The Hall–Kier alpha value is -1.10. The van der Waals surface area contributed by atoms with E-state index < -0.39 is 5.60 Å². The van der Waals surface area contributed by atoms with E-state index in [9.17, 15) is 9.59 Å². The summed E-state index contributed by atoms with van der Waals surface area (Å²) in [6, 6.07) is 0. The summed E-state index contributed by atoms with van der Waals surface area (Å²) in [6.45, 7) is 2.35. The molecule has 3 rings (SSSR count). The molecule has 0 radical (unpaired) electrons. The normalized spacial score (nSPS) is 31.6. The van der Waals surface area contributed by atoms with Gasteiger partial charge in [0.05, 0.1) is 13.2 Å². The molecule has 0 aromatic rings. The van der Waals surface area contributed by atoms with Gasteiger partial charge < -0.3 is 14.5 Å². The van der Waals surface area contributed by atoms with Crippen LogP contribution in [0.25, 0.3) is 0 Å². The second kappa shape index (κ2) is 5.35. The molecule has 5 nitrogen and oxygen atoms in total. The quantitative estimate of drug-likeness (QED) is 0.759. The van der Waals surface area contributed by atoms with E-state index in [0.717, 1.165) is 25.8 Å². The highest BCUT2D eigenvalue weighted by Crippen LogP contribution is 2.34. The largest absolute Gasteiger partial charge is 0.361 e. The van der Waals surface area contributed by atoms with E-state index in [0.29, 0.717) is 32.0 Å². The number of rotatable bonds is 2. The summed E-state index contributed by atoms with van der Waals surface area (Å²) < 4.78 is 5.89. The predicted octanol–water partition coefficient (Wildman–Crippen LogP) is 1.03. The van der Waals surface area contributed by atoms with E-state index in [-0.39, 0.29) is 11.8 Å². The second-order valence-corrected chi connectivity index (χ2v) is 6.49. The number of nitrogens with zero attached hydrogens (tertiary/aromatic N) is 2. The lowest BCUT2D eigenvalue weighted by atomic mass is 9.94. The van der Waals surface area contributed by atoms with Gasteiger partial charge in [-0.25, -0.2) is 0 Å². The van der Waals surface area contributed by atoms with E-state index in [1.165, 1.54) is 12.8 Å². The van der Waals surface area contributed by atoms with E-state index in [4.69, 9.17) is 4.74 Å². The topological polar surface area (TPSA) is 49.9 Å². The first kappa shape index (κ1) is 13.9. The number of ether oxygens (including phenoxy) is 1. The number of hydrogen-bond acceptors (Lipinski definition) is 3. The zero-order valence-corrected chi connectivity index (χ0v) is 12.3. The molecule has 1 unspecified atom stereocenters. The fourth-order valence-electron chi connectivity index (χ4n) is 3.29. The molecular formula is C15H24N2O3. The minimum Gasteiger partial charge on any atom is -0.361 e. The number of amides is 2. The SMILES string of the molecule is CN1CCCCC2(CN(C(=O)CC3CC3)CCO2)C1=O. The van der Waals surface area contributed by atoms with Crippen LogP contribution >= 0.6 is 0 Å². The summed E-state index contributed by atoms with van der Waals surface area (Å²) in [5.41, 5.74) is -0.775. The fraction of sp³-hybridized carbons (Fsp3) is 0.867. The monoisotopic (exact) mass is 280 g/mol. The van der Waals surface area contributed by atoms with Crippen LogP contribution in [0.4, 0.5) is 0 Å². The lowest BCUT2D eigenvalue weighted by molar-refractivity contribution is -0.173. The van der Waals surface area contributed by atoms with Gasteiger partial charge in [-0.2, -0.15) is 0 Å². The molecule has 2 amide bonds. The Balaban J connectivity index is 1.71. The lowest BCUT2D eigenvalue weighted by Crippen LogP contribution is -2.60. The summed E-state index contributed by atoms with van der Waals surface area (Å²) in [5.74, 6) is 0.850. The number of carbonyl (C=O) groups is 2. The van der Waals surface area contributed by atoms with Crippen LogP contribution < -0.4 is 0 Å². The zero-order chi connectivity index (χ0) is 14.2. The molecule has 112 valence electrons. The van der Waals surface area contributed by atoms with Crippen LogP contribution in [-0.2, 0) is 14.3 Å². The highest BCUT2D eigenvalue weighted by Gasteiger charge is 2.47. The molecule has 1 saturated carbocycles. The lowest BCUT2D eigenvalue weighted by Gasteiger charge is -2.42. The van der Waals surface area contributed by atoms with Crippen LogP contribution in [0.3, 0.4) is 0 Å². The van der Waals surface area contributed by atoms with Crippen molar-refractivity contribution in [1.29, 1.82) is 0 Å². The van der Waals surface area contributed by atoms with E-state index in [1.807, 2.05) is 11.9 Å². The maximum atomic E-state index is 12.6. The van der Waals surface area contributed by atoms with Crippen molar-refractivity contribution in [2.24, 2.45) is 5.92 Å². The molecule has 2 saturated heterocycles. The molecule has 5 heteroatoms. The van der Waals surface area contributed by atoms with Crippen LogP contribution in [0.2, 0.25) is 0 Å². The summed E-state index contributed by atoms with van der Waals surface area (Å²) in [6.07, 6.45) is 5.76. The smallest absolute Gasteiger partial charge is 0.256 e. The maximum absolute atomic E-state index is 12.6. The number of likely N-dealkylation sites (tertiary alicyclic amines) is 1. The van der Waals surface area contributed by atoms with Crippen LogP contribution in [0.1, 0.15) is 38.5 Å². The van der Waals surface area contributed by atoms with Gasteiger partial charge in [0.2, 0.25) is 5.91 Å². The van der Waals surface area contributed by atoms with Crippen LogP contribution in [0, 0.1) is 5.92 Å². The first-order chi connectivity index (χ1) is 9.61. The molecule has 2 heterocycles. The van der Waals surface area contributed by atoms with Gasteiger partial charge in [0.25, 0.3) is 5.91 Å². The Morgan fingerprint density at radius 3 is 2.90 bits per heavy atom. The van der Waals surface area contributed by atoms with Crippen molar-refractivity contribution < 1.29 is 14.3 Å². The van der Waals surface area contributed by atoms with Crippen molar-refractivity contribution in [1.82, 2.24) is 9.80 Å². The number of carbonyl (C=O) groups excluding carboxylic acids is 2. The van der Waals surface area contributed by atoms with E-state index in [2.05, 4.69) is 0 Å². The Morgan fingerprint density at radius 1 is 1.35 bits per heavy atom. The predicted molar refractivity (Wildman–Crippen MR) is 74.1 cm³/mol. The summed E-state index contributed by atoms with van der Waals surface area (Å²) in [5, 5.41) is 0. The highest BCUT2D eigenvalue weighted by atomic mass is 16.5. The van der Waals surface area contributed by atoms with Crippen LogP contribution in [0.5, 0.6) is 0 Å². The molecule has 0 bridgehead atoms. The zero-order valence-electron chi connectivity index (χ0n) is 12.3. The molecule has 20 heavy (non-hydrogen) atoms. The molecule has 3 aliphatic rings. The van der Waals surface area contributed by atoms with Gasteiger partial charge in [0, 0.05) is 26.6 Å². The van der Waals surface area contributed by atoms with E-state index in [1.54, 1.807) is 4.90 Å². The summed E-state index contributed by atoms with van der Waals surface area (Å²) in [7, 11) is 1.84. The first-order valence-corrected chi connectivity index (χ1v) is 7.78. The number of hydrogen-bond donors (Lipinski definition) is 0. The van der Waals surface area contributed by atoms with Gasteiger partial charge in [-0.1, -0.05) is 0 Å². The minimum atomic E-state index is -0.775. The third-order valence-corrected chi connectivity index (χ3v) is 4.76. The third kappa shape index (κ3) is 2.68. The van der Waals surface area contributed by atoms with Gasteiger partial charge in [-0.15, -0.1) is 0 Å². The van der Waals surface area contributed by atoms with Gasteiger partial charge in [-0.3, -0.25) is 9.59 Å². The first-order valence-electron chi connectivity index (χ1n) is 7.78. The van der Waals surface area contributed by atoms with Crippen molar-refractivity contribution in [3.8, 4) is 0 Å². The second-order valence-electron chi connectivity index (χ2n) is 6.49. The standard InChI is InChI=1S/C15H24N2O3/c1-16-7-3-2-6-15(14(16)19)11-17(8-9-20-15)13(18)10-12-4-5-12/h12H,2-11H2,1H3. The van der Waals surface area contributed by atoms with Gasteiger partial charge >= 0.3 is 0 Å². The van der Waals surface area contributed by atoms with Crippen molar-refractivity contribution in [3.05, 3.63) is 0 Å². The Morgan fingerprint density at radius 2 is 2.15 bits per heavy atom. The average molecular weight is 280 g/mol. The fourth-order valence-corrected chi connectivity index (χ4v) is 3.29. The third-order valence-electron chi connectivity index (χ3n) is 4.76. The molecule has 1 aliphatic carbocycles. The van der Waals surface area contributed by atoms with Crippen molar-refractivity contribution >= 4 is 11.8 Å². The number of morpholine rings is 1. The molecule has 3 fully saturated rings. The Labute approximate surface area is 120 Å². The molecule has 1 atom stereocenters. The van der Waals surface area contributed by atoms with Gasteiger partial charge in [0.1, 0.15) is 0 Å². The molecule has 0 aromatic heterocycles. The number of likely N-dealkylation sites (N-methyl/N-ethyl adjacent to an activating group) is 1. The average Bonchev–Trinajstić information content (AvgIpc) is 3.26.